The van der Waals surface area contributed by atoms with Gasteiger partial charge in [0.1, 0.15) is 18.1 Å². The first-order valence-corrected chi connectivity index (χ1v) is 17.7. The maximum absolute atomic E-state index is 14.3. The highest BCUT2D eigenvalue weighted by atomic mass is 32.2. The number of imide groups is 1. The molecule has 2 amide bonds. The first-order valence-electron chi connectivity index (χ1n) is 14.8. The summed E-state index contributed by atoms with van der Waals surface area (Å²) in [6.45, 7) is 3.91. The molecule has 0 unspecified atom stereocenters. The molecule has 2 aliphatic rings. The van der Waals surface area contributed by atoms with Crippen LogP contribution < -0.4 is 5.73 Å². The zero-order chi connectivity index (χ0) is 32.2. The topological polar surface area (TPSA) is 175 Å². The number of aryl methyl sites for hydroxylation is 2. The molecule has 0 radical (unpaired) electrons. The molecule has 3 atom stereocenters. The summed E-state index contributed by atoms with van der Waals surface area (Å²) in [6.07, 6.45) is 1.43. The maximum Gasteiger partial charge on any atom is 0.326 e. The van der Waals surface area contributed by atoms with E-state index in [-0.39, 0.29) is 55.1 Å². The fourth-order valence-corrected chi connectivity index (χ4v) is 9.12. The van der Waals surface area contributed by atoms with E-state index in [4.69, 9.17) is 5.73 Å². The SMILES string of the molecule is Cc1ccc(S(=O)(=O)N2CCC[C@H]2C(=O)N(C(=O)[C@@H]2CCCN2S(=O)(=O)c2ccc(C)cc2)[C@@H](CCCCN)C(=O)O)cc1. The van der Waals surface area contributed by atoms with Gasteiger partial charge in [-0.15, -0.1) is 0 Å². The molecule has 14 heteroatoms. The van der Waals surface area contributed by atoms with Gasteiger partial charge < -0.3 is 10.8 Å². The molecule has 0 aromatic heterocycles. The molecule has 0 aliphatic carbocycles. The Bertz CT molecular complexity index is 1470. The number of benzene rings is 2. The van der Waals surface area contributed by atoms with Gasteiger partial charge in [0.25, 0.3) is 0 Å². The molecule has 2 aromatic rings. The van der Waals surface area contributed by atoms with E-state index >= 15 is 0 Å². The molecule has 12 nitrogen and oxygen atoms in total. The minimum atomic E-state index is -4.16. The minimum Gasteiger partial charge on any atom is -0.480 e. The molecule has 3 N–H and O–H groups in total. The number of rotatable bonds is 12. The van der Waals surface area contributed by atoms with Crippen LogP contribution in [0.4, 0.5) is 0 Å². The Labute approximate surface area is 258 Å². The number of unbranched alkanes of at least 4 members (excludes halogenated alkanes) is 1. The molecule has 240 valence electrons. The van der Waals surface area contributed by atoms with E-state index in [0.717, 1.165) is 19.7 Å². The molecule has 44 heavy (non-hydrogen) atoms. The standard InChI is InChI=1S/C30H40N4O8S2/c1-21-10-14-23(15-11-21)43(39,40)32-19-5-8-25(32)28(35)34(27(30(37)38)7-3-4-18-31)29(36)26-9-6-20-33(26)44(41,42)24-16-12-22(2)13-17-24/h10-17,25-27H,3-9,18-20,31H2,1-2H3,(H,37,38)/t25-,26-,27-/m0/s1. The molecule has 2 fully saturated rings. The van der Waals surface area contributed by atoms with Gasteiger partial charge in [0, 0.05) is 13.1 Å². The van der Waals surface area contributed by atoms with E-state index in [1.54, 1.807) is 24.3 Å². The van der Waals surface area contributed by atoms with Crippen LogP contribution in [-0.2, 0) is 34.4 Å². The molecule has 0 saturated carbocycles. The third-order valence-electron chi connectivity index (χ3n) is 8.24. The van der Waals surface area contributed by atoms with E-state index in [9.17, 15) is 36.3 Å². The molecule has 0 spiro atoms. The summed E-state index contributed by atoms with van der Waals surface area (Å²) in [5.74, 6) is -3.38. The van der Waals surface area contributed by atoms with Crippen LogP contribution in [0.5, 0.6) is 0 Å². The number of carbonyl (C=O) groups is 3. The zero-order valence-corrected chi connectivity index (χ0v) is 26.6. The van der Waals surface area contributed by atoms with Crippen LogP contribution in [0.2, 0.25) is 0 Å². The average molecular weight is 649 g/mol. The summed E-state index contributed by atoms with van der Waals surface area (Å²) in [7, 11) is -8.33. The Morgan fingerprint density at radius 3 is 1.57 bits per heavy atom. The van der Waals surface area contributed by atoms with Crippen molar-refractivity contribution in [2.75, 3.05) is 19.6 Å². The van der Waals surface area contributed by atoms with Crippen molar-refractivity contribution in [2.24, 2.45) is 5.73 Å². The summed E-state index contributed by atoms with van der Waals surface area (Å²) in [5, 5.41) is 10.2. The molecule has 2 aliphatic heterocycles. The minimum absolute atomic E-state index is 0.0108. The lowest BCUT2D eigenvalue weighted by Gasteiger charge is -2.35. The first kappa shape index (κ1) is 33.7. The number of hydrogen-bond acceptors (Lipinski definition) is 8. The van der Waals surface area contributed by atoms with Gasteiger partial charge in [-0.1, -0.05) is 35.4 Å². The van der Waals surface area contributed by atoms with Crippen molar-refractivity contribution in [3.63, 3.8) is 0 Å². The lowest BCUT2D eigenvalue weighted by Crippen LogP contribution is -2.59. The molecule has 2 aromatic carbocycles. The fourth-order valence-electron chi connectivity index (χ4n) is 5.82. The molecular formula is C30H40N4O8S2. The Morgan fingerprint density at radius 1 is 0.795 bits per heavy atom. The summed E-state index contributed by atoms with van der Waals surface area (Å²) in [4.78, 5) is 41.7. The lowest BCUT2D eigenvalue weighted by atomic mass is 10.0. The highest BCUT2D eigenvalue weighted by Gasteiger charge is 2.49. The molecule has 2 saturated heterocycles. The number of hydrogen-bond donors (Lipinski definition) is 2. The average Bonchev–Trinajstić information content (AvgIpc) is 3.68. The highest BCUT2D eigenvalue weighted by Crippen LogP contribution is 2.32. The third-order valence-corrected chi connectivity index (χ3v) is 12.1. The Morgan fingerprint density at radius 2 is 1.20 bits per heavy atom. The number of nitrogens with two attached hydrogens (primary N) is 1. The van der Waals surface area contributed by atoms with Crippen LogP contribution >= 0.6 is 0 Å². The highest BCUT2D eigenvalue weighted by molar-refractivity contribution is 7.89. The van der Waals surface area contributed by atoms with Crippen molar-refractivity contribution >= 4 is 37.8 Å². The molecular weight excluding hydrogens is 608 g/mol. The van der Waals surface area contributed by atoms with E-state index in [0.29, 0.717) is 24.2 Å². The van der Waals surface area contributed by atoms with Crippen molar-refractivity contribution in [3.05, 3.63) is 59.7 Å². The second-order valence-corrected chi connectivity index (χ2v) is 15.1. The number of carboxylic acid groups (broad SMARTS) is 1. The number of carboxylic acids is 1. The Kier molecular flexibility index (Phi) is 10.6. The summed E-state index contributed by atoms with van der Waals surface area (Å²) in [6, 6.07) is 8.00. The second kappa shape index (κ2) is 13.9. The zero-order valence-electron chi connectivity index (χ0n) is 25.0. The first-order chi connectivity index (χ1) is 20.8. The monoisotopic (exact) mass is 648 g/mol. The molecule has 4 rings (SSSR count). The van der Waals surface area contributed by atoms with E-state index in [2.05, 4.69) is 0 Å². The third kappa shape index (κ3) is 6.89. The number of sulfonamides is 2. The number of nitrogens with zero attached hydrogens (tertiary/aromatic N) is 3. The van der Waals surface area contributed by atoms with Crippen molar-refractivity contribution in [1.82, 2.24) is 13.5 Å². The summed E-state index contributed by atoms with van der Waals surface area (Å²) in [5.41, 5.74) is 7.30. The van der Waals surface area contributed by atoms with Crippen LogP contribution in [0.3, 0.4) is 0 Å². The number of amides is 2. The predicted octanol–water partition coefficient (Wildman–Crippen LogP) is 2.25. The predicted molar refractivity (Wildman–Crippen MR) is 162 cm³/mol. The van der Waals surface area contributed by atoms with Crippen LogP contribution in [0.1, 0.15) is 56.1 Å². The van der Waals surface area contributed by atoms with Crippen LogP contribution in [0.25, 0.3) is 0 Å². The van der Waals surface area contributed by atoms with Crippen LogP contribution in [-0.4, -0.2) is 91.0 Å². The lowest BCUT2D eigenvalue weighted by molar-refractivity contribution is -0.161. The van der Waals surface area contributed by atoms with Gasteiger partial charge in [0.05, 0.1) is 9.79 Å². The van der Waals surface area contributed by atoms with Gasteiger partial charge in [-0.3, -0.25) is 14.5 Å². The van der Waals surface area contributed by atoms with Gasteiger partial charge in [-0.2, -0.15) is 8.61 Å². The maximum atomic E-state index is 14.3. The van der Waals surface area contributed by atoms with Crippen molar-refractivity contribution < 1.29 is 36.3 Å². The van der Waals surface area contributed by atoms with Gasteiger partial charge in [0.2, 0.25) is 31.9 Å². The van der Waals surface area contributed by atoms with E-state index in [1.165, 1.54) is 24.3 Å². The van der Waals surface area contributed by atoms with E-state index in [1.807, 2.05) is 13.8 Å². The van der Waals surface area contributed by atoms with Crippen molar-refractivity contribution in [1.29, 1.82) is 0 Å². The Hall–Kier alpha value is -3.17. The quantitative estimate of drug-likeness (QED) is 0.258. The van der Waals surface area contributed by atoms with Crippen LogP contribution in [0, 0.1) is 13.8 Å². The van der Waals surface area contributed by atoms with Crippen molar-refractivity contribution in [3.8, 4) is 0 Å². The summed E-state index contributed by atoms with van der Waals surface area (Å²) < 4.78 is 56.6. The van der Waals surface area contributed by atoms with Crippen LogP contribution in [0.15, 0.2) is 58.3 Å². The van der Waals surface area contributed by atoms with Gasteiger partial charge in [-0.25, -0.2) is 21.6 Å². The van der Waals surface area contributed by atoms with Gasteiger partial charge >= 0.3 is 5.97 Å². The van der Waals surface area contributed by atoms with Gasteiger partial charge in [-0.05, 0) is 89.6 Å². The summed E-state index contributed by atoms with van der Waals surface area (Å²) >= 11 is 0. The molecule has 0 bridgehead atoms. The van der Waals surface area contributed by atoms with Gasteiger partial charge in [0.15, 0.2) is 0 Å². The van der Waals surface area contributed by atoms with Crippen molar-refractivity contribution in [2.45, 2.75) is 86.7 Å². The normalized spacial score (nSPS) is 20.4. The fraction of sp³-hybridized carbons (Fsp3) is 0.500. The number of carbonyl (C=O) groups excluding carboxylic acids is 2. The smallest absolute Gasteiger partial charge is 0.326 e. The number of aliphatic carboxylic acids is 1. The Balaban J connectivity index is 1.73. The largest absolute Gasteiger partial charge is 0.480 e. The molecule has 2 heterocycles. The second-order valence-electron chi connectivity index (χ2n) is 11.4. The van der Waals surface area contributed by atoms with E-state index < -0.39 is 56.0 Å².